The smallest absolute Gasteiger partial charge is 0.119 e. The van der Waals surface area contributed by atoms with Gasteiger partial charge < -0.3 is 24.2 Å². The first-order chi connectivity index (χ1) is 13.2. The average molecular weight is 409 g/mol. The molecule has 1 N–H and O–H groups in total. The van der Waals surface area contributed by atoms with Gasteiger partial charge in [0.2, 0.25) is 0 Å². The molecule has 28 heavy (non-hydrogen) atoms. The van der Waals surface area contributed by atoms with Crippen molar-refractivity contribution in [2.45, 2.75) is 6.10 Å². The van der Waals surface area contributed by atoms with Gasteiger partial charge in [-0.2, -0.15) is 0 Å². The van der Waals surface area contributed by atoms with Gasteiger partial charge in [-0.25, -0.2) is 0 Å². The topological polar surface area (TPSA) is 54.4 Å². The lowest BCUT2D eigenvalue weighted by atomic mass is 10.2. The van der Waals surface area contributed by atoms with Crippen molar-refractivity contribution in [3.8, 4) is 17.2 Å². The van der Waals surface area contributed by atoms with Crippen LogP contribution in [0, 0.1) is 0 Å². The van der Waals surface area contributed by atoms with Crippen LogP contribution in [0.1, 0.15) is 0 Å². The Morgan fingerprint density at radius 1 is 0.821 bits per heavy atom. The van der Waals surface area contributed by atoms with E-state index in [1.807, 2.05) is 36.4 Å². The van der Waals surface area contributed by atoms with Crippen LogP contribution in [0.2, 0.25) is 0 Å². The molecule has 7 heteroatoms. The molecule has 1 fully saturated rings. The molecule has 6 nitrogen and oxygen atoms in total. The van der Waals surface area contributed by atoms with E-state index in [1.165, 1.54) is 5.69 Å². The highest BCUT2D eigenvalue weighted by molar-refractivity contribution is 5.85. The van der Waals surface area contributed by atoms with E-state index in [9.17, 15) is 5.11 Å². The molecule has 0 spiro atoms. The third-order valence-electron chi connectivity index (χ3n) is 4.78. The lowest BCUT2D eigenvalue weighted by Gasteiger charge is -2.36. The van der Waals surface area contributed by atoms with Gasteiger partial charge in [-0.05, 0) is 48.5 Å². The number of halogens is 1. The number of nitrogens with zero attached hydrogens (tertiary/aromatic N) is 2. The molecule has 154 valence electrons. The molecular weight excluding hydrogens is 380 g/mol. The third-order valence-corrected chi connectivity index (χ3v) is 4.78. The summed E-state index contributed by atoms with van der Waals surface area (Å²) >= 11 is 0. The van der Waals surface area contributed by atoms with E-state index in [4.69, 9.17) is 14.2 Å². The third kappa shape index (κ3) is 6.19. The van der Waals surface area contributed by atoms with Gasteiger partial charge in [-0.15, -0.1) is 12.4 Å². The number of rotatable bonds is 8. The largest absolute Gasteiger partial charge is 0.497 e. The lowest BCUT2D eigenvalue weighted by molar-refractivity contribution is 0.0663. The number of aliphatic hydroxyl groups is 1. The van der Waals surface area contributed by atoms with Crippen LogP contribution in [0.3, 0.4) is 0 Å². The minimum Gasteiger partial charge on any atom is -0.497 e. The SMILES string of the molecule is COc1ccc(OCC(O)CN2CCN(c3ccc(OC)cc3)CC2)cc1.Cl. The second-order valence-corrected chi connectivity index (χ2v) is 6.63. The number of anilines is 1. The molecular formula is C21H29ClN2O4. The number of aliphatic hydroxyl groups excluding tert-OH is 1. The molecule has 2 aromatic rings. The zero-order valence-corrected chi connectivity index (χ0v) is 17.2. The summed E-state index contributed by atoms with van der Waals surface area (Å²) in [6, 6.07) is 15.5. The number of hydrogen-bond donors (Lipinski definition) is 1. The van der Waals surface area contributed by atoms with Crippen molar-refractivity contribution < 1.29 is 19.3 Å². The van der Waals surface area contributed by atoms with Gasteiger partial charge >= 0.3 is 0 Å². The van der Waals surface area contributed by atoms with Crippen molar-refractivity contribution in [3.05, 3.63) is 48.5 Å². The summed E-state index contributed by atoms with van der Waals surface area (Å²) in [4.78, 5) is 4.64. The van der Waals surface area contributed by atoms with Crippen LogP contribution >= 0.6 is 12.4 Å². The van der Waals surface area contributed by atoms with Crippen LogP contribution < -0.4 is 19.1 Å². The summed E-state index contributed by atoms with van der Waals surface area (Å²) in [6.07, 6.45) is -0.514. The van der Waals surface area contributed by atoms with Crippen molar-refractivity contribution in [1.29, 1.82) is 0 Å². The van der Waals surface area contributed by atoms with E-state index in [2.05, 4.69) is 21.9 Å². The fourth-order valence-electron chi connectivity index (χ4n) is 3.20. The maximum atomic E-state index is 10.3. The van der Waals surface area contributed by atoms with E-state index >= 15 is 0 Å². The predicted octanol–water partition coefficient (Wildman–Crippen LogP) is 2.69. The number of ether oxygens (including phenoxy) is 3. The van der Waals surface area contributed by atoms with Gasteiger partial charge in [0.05, 0.1) is 14.2 Å². The van der Waals surface area contributed by atoms with Gasteiger partial charge in [0.25, 0.3) is 0 Å². The number of hydrogen-bond acceptors (Lipinski definition) is 6. The maximum Gasteiger partial charge on any atom is 0.119 e. The number of benzene rings is 2. The molecule has 1 saturated heterocycles. The molecule has 0 aliphatic carbocycles. The monoisotopic (exact) mass is 408 g/mol. The maximum absolute atomic E-state index is 10.3. The van der Waals surface area contributed by atoms with Crippen molar-refractivity contribution in [2.75, 3.05) is 58.5 Å². The van der Waals surface area contributed by atoms with Crippen LogP contribution in [0.25, 0.3) is 0 Å². The Hall–Kier alpha value is -2.15. The average Bonchev–Trinajstić information content (AvgIpc) is 2.73. The summed E-state index contributed by atoms with van der Waals surface area (Å²) in [6.45, 7) is 4.63. The second-order valence-electron chi connectivity index (χ2n) is 6.63. The van der Waals surface area contributed by atoms with Crippen molar-refractivity contribution in [1.82, 2.24) is 4.90 Å². The molecule has 1 aliphatic heterocycles. The Bertz CT molecular complexity index is 689. The minimum absolute atomic E-state index is 0. The molecule has 0 aromatic heterocycles. The molecule has 1 heterocycles. The van der Waals surface area contributed by atoms with E-state index in [0.717, 1.165) is 43.4 Å². The fourth-order valence-corrected chi connectivity index (χ4v) is 3.20. The van der Waals surface area contributed by atoms with E-state index in [1.54, 1.807) is 14.2 Å². The van der Waals surface area contributed by atoms with Crippen molar-refractivity contribution in [2.24, 2.45) is 0 Å². The summed E-state index contributed by atoms with van der Waals surface area (Å²) in [5, 5.41) is 10.3. The molecule has 0 saturated carbocycles. The Morgan fingerprint density at radius 3 is 1.86 bits per heavy atom. The minimum atomic E-state index is -0.514. The van der Waals surface area contributed by atoms with Gasteiger partial charge in [-0.3, -0.25) is 4.90 Å². The zero-order valence-electron chi connectivity index (χ0n) is 16.4. The summed E-state index contributed by atoms with van der Waals surface area (Å²) < 4.78 is 16.0. The second kappa shape index (κ2) is 11.0. The first-order valence-electron chi connectivity index (χ1n) is 9.24. The lowest BCUT2D eigenvalue weighted by Crippen LogP contribution is -2.49. The van der Waals surface area contributed by atoms with Crippen LogP contribution in [0.5, 0.6) is 17.2 Å². The molecule has 0 amide bonds. The summed E-state index contributed by atoms with van der Waals surface area (Å²) in [7, 11) is 3.31. The number of piperazine rings is 1. The molecule has 0 radical (unpaired) electrons. The summed E-state index contributed by atoms with van der Waals surface area (Å²) in [5.74, 6) is 2.40. The van der Waals surface area contributed by atoms with Gasteiger partial charge in [0.1, 0.15) is 30.0 Å². The first-order valence-corrected chi connectivity index (χ1v) is 9.24. The van der Waals surface area contributed by atoms with Crippen molar-refractivity contribution >= 4 is 18.1 Å². The van der Waals surface area contributed by atoms with Crippen LogP contribution in [-0.2, 0) is 0 Å². The quantitative estimate of drug-likeness (QED) is 0.724. The van der Waals surface area contributed by atoms with Gasteiger partial charge in [-0.1, -0.05) is 0 Å². The number of methoxy groups -OCH3 is 2. The highest BCUT2D eigenvalue weighted by Gasteiger charge is 2.19. The first kappa shape index (κ1) is 22.1. The van der Waals surface area contributed by atoms with E-state index in [-0.39, 0.29) is 19.0 Å². The molecule has 2 aromatic carbocycles. The Labute approximate surface area is 173 Å². The predicted molar refractivity (Wildman–Crippen MR) is 113 cm³/mol. The standard InChI is InChI=1S/C21H28N2O4.ClH/c1-25-19-5-3-17(4-6-19)23-13-11-22(12-14-23)15-18(24)16-27-21-9-7-20(26-2)8-10-21;/h3-10,18,24H,11-16H2,1-2H3;1H. The normalized spacial score (nSPS) is 15.5. The number of β-amino-alcohol motifs (C(OH)–C–C–N with tert-alkyl or cyclic N) is 1. The van der Waals surface area contributed by atoms with E-state index < -0.39 is 6.10 Å². The van der Waals surface area contributed by atoms with Crippen LogP contribution in [0.4, 0.5) is 5.69 Å². The van der Waals surface area contributed by atoms with Gasteiger partial charge in [0.15, 0.2) is 0 Å². The zero-order chi connectivity index (χ0) is 19.1. The molecule has 1 atom stereocenters. The Balaban J connectivity index is 0.00000280. The molecule has 1 unspecified atom stereocenters. The molecule has 1 aliphatic rings. The Morgan fingerprint density at radius 2 is 1.32 bits per heavy atom. The van der Waals surface area contributed by atoms with E-state index in [0.29, 0.717) is 6.54 Å². The molecule has 3 rings (SSSR count). The fraction of sp³-hybridized carbons (Fsp3) is 0.429. The molecule has 0 bridgehead atoms. The highest BCUT2D eigenvalue weighted by Crippen LogP contribution is 2.21. The summed E-state index contributed by atoms with van der Waals surface area (Å²) in [5.41, 5.74) is 1.21. The van der Waals surface area contributed by atoms with Gasteiger partial charge in [0, 0.05) is 38.4 Å². The van der Waals surface area contributed by atoms with Crippen molar-refractivity contribution in [3.63, 3.8) is 0 Å². The van der Waals surface area contributed by atoms with Crippen LogP contribution in [-0.4, -0.2) is 69.7 Å². The van der Waals surface area contributed by atoms with Crippen LogP contribution in [0.15, 0.2) is 48.5 Å². The highest BCUT2D eigenvalue weighted by atomic mass is 35.5. The Kier molecular flexibility index (Phi) is 8.70.